The highest BCUT2D eigenvalue weighted by Gasteiger charge is 2.11. The van der Waals surface area contributed by atoms with Crippen LogP contribution in [0.15, 0.2) is 18.6 Å². The van der Waals surface area contributed by atoms with Gasteiger partial charge in [0.2, 0.25) is 17.8 Å². The highest BCUT2D eigenvalue weighted by molar-refractivity contribution is 5.42. The van der Waals surface area contributed by atoms with Gasteiger partial charge in [0.1, 0.15) is 17.1 Å². The van der Waals surface area contributed by atoms with Crippen LogP contribution in [0.5, 0.6) is 0 Å². The van der Waals surface area contributed by atoms with E-state index >= 15 is 0 Å². The largest absolute Gasteiger partial charge is 0.380 e. The zero-order valence-corrected chi connectivity index (χ0v) is 31.2. The van der Waals surface area contributed by atoms with Crippen LogP contribution >= 0.6 is 0 Å². The summed E-state index contributed by atoms with van der Waals surface area (Å²) < 4.78 is 22.5. The Balaban J connectivity index is 1.32. The lowest BCUT2D eigenvalue weighted by molar-refractivity contribution is 0.113. The molecule has 282 valence electrons. The maximum absolute atomic E-state index is 5.72. The summed E-state index contributed by atoms with van der Waals surface area (Å²) in [6.45, 7) is 20.1. The maximum Gasteiger partial charge on any atom is 0.229 e. The van der Waals surface area contributed by atoms with Crippen molar-refractivity contribution in [2.75, 3.05) is 55.6 Å². The Morgan fingerprint density at radius 2 is 0.765 bits per heavy atom. The first-order valence-corrected chi connectivity index (χ1v) is 18.1. The van der Waals surface area contributed by atoms with Crippen LogP contribution in [0.3, 0.4) is 0 Å². The van der Waals surface area contributed by atoms with Gasteiger partial charge < -0.3 is 30.2 Å². The normalized spacial score (nSPS) is 11.7. The second kappa shape index (κ2) is 21.8. The van der Waals surface area contributed by atoms with Crippen LogP contribution < -0.4 is 16.0 Å². The Kier molecular flexibility index (Phi) is 16.9. The van der Waals surface area contributed by atoms with Gasteiger partial charge in [0, 0.05) is 19.8 Å². The van der Waals surface area contributed by atoms with Gasteiger partial charge >= 0.3 is 0 Å². The van der Waals surface area contributed by atoms with Gasteiger partial charge in [-0.2, -0.15) is 15.0 Å². The average molecular weight is 712 g/mol. The molecule has 4 aromatic heterocycles. The molecule has 0 fully saturated rings. The fourth-order valence-electron chi connectivity index (χ4n) is 4.45. The molecule has 0 aromatic carbocycles. The quantitative estimate of drug-likeness (QED) is 0.0758. The third kappa shape index (κ3) is 16.1. The van der Waals surface area contributed by atoms with Crippen LogP contribution in [0, 0.1) is 17.8 Å². The number of nitrogens with one attached hydrogen (secondary N) is 3. The second-order valence-electron chi connectivity index (χ2n) is 13.7. The van der Waals surface area contributed by atoms with E-state index in [4.69, 9.17) is 14.2 Å². The first-order chi connectivity index (χ1) is 24.7. The molecule has 4 rings (SSSR count). The summed E-state index contributed by atoms with van der Waals surface area (Å²) in [4.78, 5) is 13.8. The standard InChI is InChI=1S/C33H57N15O3/c1-25(2)7-13-49-16-10-46-22-28(40-43-46)19-34-31-37-32(35-20-29-23-47(44-41-29)11-17-50-14-8-26(3)4)39-33(38-31)36-21-30-24-48(45-42-30)12-18-51-15-9-27(5)6/h22-27H,7-21H2,1-6H3,(H3,34,35,36,37,38,39). The summed E-state index contributed by atoms with van der Waals surface area (Å²) in [5, 5.41) is 35.2. The Bertz CT molecular complexity index is 1330. The molecule has 0 unspecified atom stereocenters. The van der Waals surface area contributed by atoms with Gasteiger partial charge in [-0.05, 0) is 37.0 Å². The van der Waals surface area contributed by atoms with Crippen molar-refractivity contribution >= 4 is 17.8 Å². The Morgan fingerprint density at radius 3 is 1.04 bits per heavy atom. The Hall–Kier alpha value is -4.29. The zero-order valence-electron chi connectivity index (χ0n) is 31.2. The lowest BCUT2D eigenvalue weighted by Gasteiger charge is -2.10. The van der Waals surface area contributed by atoms with E-state index in [0.717, 1.165) is 56.2 Å². The highest BCUT2D eigenvalue weighted by Crippen LogP contribution is 2.13. The predicted molar refractivity (Wildman–Crippen MR) is 193 cm³/mol. The zero-order chi connectivity index (χ0) is 36.3. The van der Waals surface area contributed by atoms with Crippen LogP contribution in [-0.2, 0) is 53.5 Å². The van der Waals surface area contributed by atoms with Crippen molar-refractivity contribution in [3.8, 4) is 0 Å². The summed E-state index contributed by atoms with van der Waals surface area (Å²) >= 11 is 0. The first kappa shape index (κ1) is 39.5. The lowest BCUT2D eigenvalue weighted by Crippen LogP contribution is -2.13. The molecule has 0 amide bonds. The number of hydrogen-bond donors (Lipinski definition) is 3. The molecule has 0 saturated carbocycles. The molecule has 18 nitrogen and oxygen atoms in total. The Labute approximate surface area is 300 Å². The number of aromatic nitrogens is 12. The van der Waals surface area contributed by atoms with Gasteiger partial charge in [-0.3, -0.25) is 0 Å². The van der Waals surface area contributed by atoms with Crippen LogP contribution in [-0.4, -0.2) is 99.6 Å². The summed E-state index contributed by atoms with van der Waals surface area (Å²) in [6, 6.07) is 0. The van der Waals surface area contributed by atoms with Crippen molar-refractivity contribution in [3.05, 3.63) is 35.7 Å². The van der Waals surface area contributed by atoms with Crippen molar-refractivity contribution in [1.29, 1.82) is 0 Å². The molecule has 0 aliphatic heterocycles. The van der Waals surface area contributed by atoms with Crippen LogP contribution in [0.2, 0.25) is 0 Å². The minimum absolute atomic E-state index is 0.367. The molecule has 0 saturated heterocycles. The molecule has 0 spiro atoms. The van der Waals surface area contributed by atoms with Gasteiger partial charge in [-0.25, -0.2) is 14.0 Å². The summed E-state index contributed by atoms with van der Waals surface area (Å²) in [5.74, 6) is 2.95. The smallest absolute Gasteiger partial charge is 0.229 e. The van der Waals surface area contributed by atoms with E-state index in [1.807, 2.05) is 18.6 Å². The van der Waals surface area contributed by atoms with Crippen molar-refractivity contribution in [1.82, 2.24) is 59.9 Å². The molecule has 18 heteroatoms. The number of anilines is 3. The van der Waals surface area contributed by atoms with E-state index in [2.05, 4.69) is 103 Å². The highest BCUT2D eigenvalue weighted by atomic mass is 16.5. The minimum atomic E-state index is 0.367. The van der Waals surface area contributed by atoms with E-state index in [1.165, 1.54) is 0 Å². The molecular formula is C33H57N15O3. The summed E-state index contributed by atoms with van der Waals surface area (Å²) in [5.41, 5.74) is 2.24. The third-order valence-electron chi connectivity index (χ3n) is 7.59. The van der Waals surface area contributed by atoms with Crippen molar-refractivity contribution < 1.29 is 14.2 Å². The molecule has 0 atom stereocenters. The van der Waals surface area contributed by atoms with Crippen LogP contribution in [0.4, 0.5) is 17.8 Å². The van der Waals surface area contributed by atoms with Gasteiger partial charge in [0.15, 0.2) is 0 Å². The van der Waals surface area contributed by atoms with E-state index in [0.29, 0.717) is 94.7 Å². The van der Waals surface area contributed by atoms with Gasteiger partial charge in [-0.15, -0.1) is 15.3 Å². The number of nitrogens with zero attached hydrogens (tertiary/aromatic N) is 12. The molecule has 3 N–H and O–H groups in total. The van der Waals surface area contributed by atoms with Crippen LogP contribution in [0.25, 0.3) is 0 Å². The summed E-state index contributed by atoms with van der Waals surface area (Å²) in [6.07, 6.45) is 8.76. The molecule has 0 aliphatic carbocycles. The molecule has 4 aromatic rings. The number of ether oxygens (including phenoxy) is 3. The fraction of sp³-hybridized carbons (Fsp3) is 0.727. The molecule has 4 heterocycles. The monoisotopic (exact) mass is 711 g/mol. The third-order valence-corrected chi connectivity index (χ3v) is 7.59. The van der Waals surface area contributed by atoms with E-state index in [9.17, 15) is 0 Å². The molecular weight excluding hydrogens is 654 g/mol. The first-order valence-electron chi connectivity index (χ1n) is 18.1. The average Bonchev–Trinajstić information content (AvgIpc) is 3.86. The fourth-order valence-corrected chi connectivity index (χ4v) is 4.45. The van der Waals surface area contributed by atoms with E-state index in [1.54, 1.807) is 14.0 Å². The number of rotatable bonds is 27. The maximum atomic E-state index is 5.72. The van der Waals surface area contributed by atoms with Crippen molar-refractivity contribution in [2.24, 2.45) is 17.8 Å². The molecule has 0 bridgehead atoms. The number of hydrogen-bond acceptors (Lipinski definition) is 15. The van der Waals surface area contributed by atoms with Crippen molar-refractivity contribution in [2.45, 2.75) is 100 Å². The lowest BCUT2D eigenvalue weighted by atomic mass is 10.1. The summed E-state index contributed by atoms with van der Waals surface area (Å²) in [7, 11) is 0. The van der Waals surface area contributed by atoms with Crippen molar-refractivity contribution in [3.63, 3.8) is 0 Å². The predicted octanol–water partition coefficient (Wildman–Crippen LogP) is 3.67. The van der Waals surface area contributed by atoms with Gasteiger partial charge in [-0.1, -0.05) is 57.2 Å². The molecule has 0 radical (unpaired) electrons. The Morgan fingerprint density at radius 1 is 0.471 bits per heavy atom. The van der Waals surface area contributed by atoms with Gasteiger partial charge in [0.25, 0.3) is 0 Å². The molecule has 0 aliphatic rings. The minimum Gasteiger partial charge on any atom is -0.380 e. The van der Waals surface area contributed by atoms with Crippen LogP contribution in [0.1, 0.15) is 77.9 Å². The van der Waals surface area contributed by atoms with E-state index < -0.39 is 0 Å². The van der Waals surface area contributed by atoms with E-state index in [-0.39, 0.29) is 0 Å². The SMILES string of the molecule is CC(C)CCOCCn1cc(CNc2nc(NCc3cn(CCOCCC(C)C)nn3)nc(NCc3cn(CCOCCC(C)C)nn3)n2)nn1. The molecule has 51 heavy (non-hydrogen) atoms. The van der Waals surface area contributed by atoms with Gasteiger partial charge in [0.05, 0.1) is 77.7 Å². The second-order valence-corrected chi connectivity index (χ2v) is 13.7. The topological polar surface area (TPSA) is 195 Å².